The van der Waals surface area contributed by atoms with E-state index in [2.05, 4.69) is 4.74 Å². The molecule has 0 aliphatic carbocycles. The Morgan fingerprint density at radius 1 is 1.34 bits per heavy atom. The van der Waals surface area contributed by atoms with Gasteiger partial charge in [-0.25, -0.2) is 8.42 Å². The Morgan fingerprint density at radius 3 is 2.59 bits per heavy atom. The number of esters is 1. The van der Waals surface area contributed by atoms with Crippen LogP contribution in [0.4, 0.5) is 11.4 Å². The second-order valence-electron chi connectivity index (χ2n) is 6.33. The lowest BCUT2D eigenvalue weighted by Crippen LogP contribution is -2.37. The molecule has 1 aromatic carbocycles. The van der Waals surface area contributed by atoms with Gasteiger partial charge in [-0.1, -0.05) is 0 Å². The van der Waals surface area contributed by atoms with E-state index in [1.807, 2.05) is 4.72 Å². The molecule has 13 heteroatoms. The third-order valence-electron chi connectivity index (χ3n) is 4.07. The van der Waals surface area contributed by atoms with Crippen LogP contribution in [0.5, 0.6) is 0 Å². The maximum atomic E-state index is 12.3. The molecule has 2 amide bonds. The van der Waals surface area contributed by atoms with E-state index in [0.29, 0.717) is 6.42 Å². The predicted octanol–water partition coefficient (Wildman–Crippen LogP) is -0.369. The number of hydrogen-bond acceptors (Lipinski definition) is 9. The molecule has 12 nitrogen and oxygen atoms in total. The lowest BCUT2D eigenvalue weighted by molar-refractivity contribution is -0.384. The maximum Gasteiger partial charge on any atom is 0.321 e. The molecule has 1 aliphatic heterocycles. The molecule has 2 rings (SSSR count). The number of anilines is 1. The SMILES string of the molecule is CN(C)c1ccc(S(=O)(=O)NCC(=O)OCC(=O)N2CCCC2=O)cc1[N+](=O)[O-]. The van der Waals surface area contributed by atoms with Crippen molar-refractivity contribution in [2.24, 2.45) is 0 Å². The van der Waals surface area contributed by atoms with Crippen LogP contribution < -0.4 is 9.62 Å². The molecule has 0 bridgehead atoms. The highest BCUT2D eigenvalue weighted by Crippen LogP contribution is 2.29. The van der Waals surface area contributed by atoms with Gasteiger partial charge in [0.15, 0.2) is 6.61 Å². The van der Waals surface area contributed by atoms with Crippen molar-refractivity contribution in [1.82, 2.24) is 9.62 Å². The van der Waals surface area contributed by atoms with Gasteiger partial charge >= 0.3 is 5.97 Å². The average Bonchev–Trinajstić information content (AvgIpc) is 3.09. The van der Waals surface area contributed by atoms with E-state index in [0.717, 1.165) is 11.0 Å². The second-order valence-corrected chi connectivity index (χ2v) is 8.10. The van der Waals surface area contributed by atoms with Gasteiger partial charge in [0.2, 0.25) is 15.9 Å². The number of nitro groups is 1. The number of benzene rings is 1. The summed E-state index contributed by atoms with van der Waals surface area (Å²) in [7, 11) is -1.10. The first-order valence-corrected chi connectivity index (χ1v) is 9.95. The van der Waals surface area contributed by atoms with Gasteiger partial charge in [-0.15, -0.1) is 0 Å². The van der Waals surface area contributed by atoms with Gasteiger partial charge in [-0.3, -0.25) is 29.4 Å². The van der Waals surface area contributed by atoms with E-state index in [1.165, 1.54) is 17.0 Å². The third kappa shape index (κ3) is 5.48. The number of carbonyl (C=O) groups excluding carboxylic acids is 3. The molecule has 0 aromatic heterocycles. The van der Waals surface area contributed by atoms with Crippen LogP contribution >= 0.6 is 0 Å². The van der Waals surface area contributed by atoms with Gasteiger partial charge in [0.25, 0.3) is 11.6 Å². The van der Waals surface area contributed by atoms with Crippen LogP contribution in [0.25, 0.3) is 0 Å². The van der Waals surface area contributed by atoms with E-state index in [-0.39, 0.29) is 24.6 Å². The largest absolute Gasteiger partial charge is 0.455 e. The van der Waals surface area contributed by atoms with Crippen molar-refractivity contribution in [3.63, 3.8) is 0 Å². The van der Waals surface area contributed by atoms with E-state index >= 15 is 0 Å². The summed E-state index contributed by atoms with van der Waals surface area (Å²) in [5.41, 5.74) is -0.204. The van der Waals surface area contributed by atoms with E-state index in [1.54, 1.807) is 14.1 Å². The van der Waals surface area contributed by atoms with Crippen molar-refractivity contribution in [2.75, 3.05) is 38.7 Å². The van der Waals surface area contributed by atoms with Gasteiger partial charge in [0.05, 0.1) is 9.82 Å². The van der Waals surface area contributed by atoms with Crippen LogP contribution in [0.3, 0.4) is 0 Å². The fourth-order valence-electron chi connectivity index (χ4n) is 2.62. The molecule has 1 aromatic rings. The molecule has 1 heterocycles. The summed E-state index contributed by atoms with van der Waals surface area (Å²) in [4.78, 5) is 47.5. The smallest absolute Gasteiger partial charge is 0.321 e. The van der Waals surface area contributed by atoms with Crippen molar-refractivity contribution in [3.05, 3.63) is 28.3 Å². The molecule has 0 unspecified atom stereocenters. The molecule has 158 valence electrons. The van der Waals surface area contributed by atoms with E-state index in [4.69, 9.17) is 0 Å². The normalized spacial score (nSPS) is 14.0. The Labute approximate surface area is 166 Å². The zero-order chi connectivity index (χ0) is 21.8. The predicted molar refractivity (Wildman–Crippen MR) is 99.5 cm³/mol. The maximum absolute atomic E-state index is 12.3. The number of likely N-dealkylation sites (tertiary alicyclic amines) is 1. The molecule has 29 heavy (non-hydrogen) atoms. The van der Waals surface area contributed by atoms with Gasteiger partial charge in [-0.2, -0.15) is 4.72 Å². The highest BCUT2D eigenvalue weighted by Gasteiger charge is 2.27. The van der Waals surface area contributed by atoms with Crippen LogP contribution in [-0.4, -0.2) is 69.8 Å². The highest BCUT2D eigenvalue weighted by atomic mass is 32.2. The second kappa shape index (κ2) is 8.96. The van der Waals surface area contributed by atoms with Crippen LogP contribution in [0.1, 0.15) is 12.8 Å². The topological polar surface area (TPSA) is 156 Å². The van der Waals surface area contributed by atoms with Crippen LogP contribution in [0.2, 0.25) is 0 Å². The average molecular weight is 428 g/mol. The van der Waals surface area contributed by atoms with Gasteiger partial charge in [0.1, 0.15) is 12.2 Å². The number of nitrogens with one attached hydrogen (secondary N) is 1. The number of imide groups is 1. The van der Waals surface area contributed by atoms with Gasteiger partial charge in [0, 0.05) is 33.1 Å². The number of rotatable bonds is 8. The lowest BCUT2D eigenvalue weighted by Gasteiger charge is -2.14. The summed E-state index contributed by atoms with van der Waals surface area (Å²) in [5, 5.41) is 11.2. The van der Waals surface area contributed by atoms with Crippen molar-refractivity contribution in [1.29, 1.82) is 0 Å². The molecule has 0 radical (unpaired) electrons. The molecule has 0 spiro atoms. The summed E-state index contributed by atoms with van der Waals surface area (Å²) >= 11 is 0. The summed E-state index contributed by atoms with van der Waals surface area (Å²) in [6.07, 6.45) is 0.787. The fourth-order valence-corrected chi connectivity index (χ4v) is 3.60. The van der Waals surface area contributed by atoms with Crippen LogP contribution in [-0.2, 0) is 29.1 Å². The van der Waals surface area contributed by atoms with E-state index < -0.39 is 50.6 Å². The minimum atomic E-state index is -4.24. The number of nitro benzene ring substituents is 1. The Morgan fingerprint density at radius 2 is 2.03 bits per heavy atom. The molecule has 1 fully saturated rings. The standard InChI is InChI=1S/C16H20N4O8S/c1-18(2)12-6-5-11(8-13(12)20(24)25)29(26,27)17-9-16(23)28-10-15(22)19-7-3-4-14(19)21/h5-6,8,17H,3-4,7,9-10H2,1-2H3. The zero-order valence-corrected chi connectivity index (χ0v) is 16.6. The van der Waals surface area contributed by atoms with Crippen molar-refractivity contribution < 1.29 is 32.5 Å². The summed E-state index contributed by atoms with van der Waals surface area (Å²) < 4.78 is 31.3. The number of amides is 2. The Balaban J connectivity index is 1.98. The Bertz CT molecular complexity index is 944. The Hall–Kier alpha value is -3.06. The monoisotopic (exact) mass is 428 g/mol. The van der Waals surface area contributed by atoms with Gasteiger partial charge < -0.3 is 9.64 Å². The first-order chi connectivity index (χ1) is 13.5. The Kier molecular flexibility index (Phi) is 6.87. The summed E-state index contributed by atoms with van der Waals surface area (Å²) in [6.45, 7) is -1.22. The molecule has 1 aliphatic rings. The summed E-state index contributed by atoms with van der Waals surface area (Å²) in [6, 6.07) is 3.32. The number of carbonyl (C=O) groups is 3. The first-order valence-electron chi connectivity index (χ1n) is 8.47. The lowest BCUT2D eigenvalue weighted by atomic mass is 10.2. The summed E-state index contributed by atoms with van der Waals surface area (Å²) in [5.74, 6) is -2.07. The molecular weight excluding hydrogens is 408 g/mol. The molecule has 0 atom stereocenters. The highest BCUT2D eigenvalue weighted by molar-refractivity contribution is 7.89. The quantitative estimate of drug-likeness (QED) is 0.331. The zero-order valence-electron chi connectivity index (χ0n) is 15.8. The number of nitrogens with zero attached hydrogens (tertiary/aromatic N) is 3. The van der Waals surface area contributed by atoms with Crippen molar-refractivity contribution in [2.45, 2.75) is 17.7 Å². The molecule has 1 saturated heterocycles. The van der Waals surface area contributed by atoms with Crippen molar-refractivity contribution in [3.8, 4) is 0 Å². The molecule has 0 saturated carbocycles. The number of hydrogen-bond donors (Lipinski definition) is 1. The first kappa shape index (κ1) is 22.2. The molecule has 1 N–H and O–H groups in total. The third-order valence-corrected chi connectivity index (χ3v) is 5.47. The number of sulfonamides is 1. The van der Waals surface area contributed by atoms with E-state index in [9.17, 15) is 32.9 Å². The minimum absolute atomic E-state index is 0.211. The van der Waals surface area contributed by atoms with Crippen LogP contribution in [0, 0.1) is 10.1 Å². The fraction of sp³-hybridized carbons (Fsp3) is 0.438. The van der Waals surface area contributed by atoms with Gasteiger partial charge in [-0.05, 0) is 18.6 Å². The van der Waals surface area contributed by atoms with Crippen LogP contribution in [0.15, 0.2) is 23.1 Å². The van der Waals surface area contributed by atoms with Crippen molar-refractivity contribution >= 4 is 39.2 Å². The number of ether oxygens (including phenoxy) is 1. The minimum Gasteiger partial charge on any atom is -0.455 e. The molecular formula is C16H20N4O8S.